The molecule has 0 atom stereocenters. The molecule has 0 amide bonds. The van der Waals surface area contributed by atoms with Crippen molar-refractivity contribution in [2.45, 2.75) is 58.4 Å². The first-order valence-corrected chi connectivity index (χ1v) is 8.46. The summed E-state index contributed by atoms with van der Waals surface area (Å²) in [6, 6.07) is 0.762. The normalized spacial score (nSPS) is 15.9. The molecule has 118 valence electrons. The summed E-state index contributed by atoms with van der Waals surface area (Å²) < 4.78 is 0. The molecule has 1 fully saturated rings. The van der Waals surface area contributed by atoms with Gasteiger partial charge in [0.1, 0.15) is 16.8 Å². The maximum Gasteiger partial charge on any atom is 0.137 e. The number of anilines is 1. The van der Waals surface area contributed by atoms with Gasteiger partial charge in [0.05, 0.1) is 0 Å². The van der Waals surface area contributed by atoms with Crippen molar-refractivity contribution in [2.75, 3.05) is 25.5 Å². The second-order valence-corrected chi connectivity index (χ2v) is 6.36. The Labute approximate surface area is 133 Å². The minimum atomic E-state index is 0.570. The third-order valence-corrected chi connectivity index (χ3v) is 4.68. The number of hydrogen-bond donors (Lipinski definition) is 1. The summed E-state index contributed by atoms with van der Waals surface area (Å²) >= 11 is 6.20. The van der Waals surface area contributed by atoms with Crippen molar-refractivity contribution in [1.29, 1.82) is 0 Å². The van der Waals surface area contributed by atoms with Crippen molar-refractivity contribution in [2.24, 2.45) is 0 Å². The predicted octanol–water partition coefficient (Wildman–Crippen LogP) is 3.68. The van der Waals surface area contributed by atoms with E-state index in [0.717, 1.165) is 49.2 Å². The van der Waals surface area contributed by atoms with E-state index in [1.54, 1.807) is 0 Å². The van der Waals surface area contributed by atoms with Crippen LogP contribution in [0, 0.1) is 6.92 Å². The Morgan fingerprint density at radius 3 is 2.67 bits per heavy atom. The number of likely N-dealkylation sites (N-methyl/N-ethyl adjacent to an activating group) is 1. The highest BCUT2D eigenvalue weighted by Crippen LogP contribution is 2.23. The Bertz CT molecular complexity index is 458. The van der Waals surface area contributed by atoms with Crippen LogP contribution in [0.25, 0.3) is 0 Å². The molecule has 1 N–H and O–H groups in total. The topological polar surface area (TPSA) is 41.1 Å². The molecule has 2 rings (SSSR count). The number of rotatable bonds is 7. The zero-order chi connectivity index (χ0) is 15.2. The minimum Gasteiger partial charge on any atom is -0.368 e. The van der Waals surface area contributed by atoms with Gasteiger partial charge in [-0.25, -0.2) is 9.97 Å². The molecule has 1 aromatic heterocycles. The lowest BCUT2D eigenvalue weighted by atomic mass is 10.2. The minimum absolute atomic E-state index is 0.570. The fourth-order valence-electron chi connectivity index (χ4n) is 2.92. The van der Waals surface area contributed by atoms with Crippen LogP contribution in [0.4, 0.5) is 5.82 Å². The molecule has 0 spiro atoms. The third-order valence-electron chi connectivity index (χ3n) is 4.31. The van der Waals surface area contributed by atoms with Gasteiger partial charge in [0.25, 0.3) is 0 Å². The van der Waals surface area contributed by atoms with Crippen LogP contribution < -0.4 is 5.32 Å². The molecule has 0 aromatic carbocycles. The molecule has 1 heterocycles. The van der Waals surface area contributed by atoms with E-state index in [0.29, 0.717) is 5.15 Å². The fourth-order valence-corrected chi connectivity index (χ4v) is 3.11. The van der Waals surface area contributed by atoms with E-state index in [1.807, 2.05) is 6.92 Å². The van der Waals surface area contributed by atoms with E-state index >= 15 is 0 Å². The van der Waals surface area contributed by atoms with Gasteiger partial charge in [-0.3, -0.25) is 0 Å². The van der Waals surface area contributed by atoms with Crippen LogP contribution >= 0.6 is 11.6 Å². The summed E-state index contributed by atoms with van der Waals surface area (Å²) in [5.74, 6) is 1.72. The number of hydrogen-bond acceptors (Lipinski definition) is 4. The van der Waals surface area contributed by atoms with Gasteiger partial charge in [-0.1, -0.05) is 31.4 Å². The van der Waals surface area contributed by atoms with E-state index in [-0.39, 0.29) is 0 Å². The van der Waals surface area contributed by atoms with Crippen molar-refractivity contribution in [3.63, 3.8) is 0 Å². The van der Waals surface area contributed by atoms with Crippen molar-refractivity contribution >= 4 is 17.4 Å². The van der Waals surface area contributed by atoms with Gasteiger partial charge in [-0.2, -0.15) is 0 Å². The lowest BCUT2D eigenvalue weighted by Gasteiger charge is -2.24. The van der Waals surface area contributed by atoms with Gasteiger partial charge in [0.2, 0.25) is 0 Å². The molecule has 1 saturated carbocycles. The number of aromatic nitrogens is 2. The summed E-state index contributed by atoms with van der Waals surface area (Å²) in [5, 5.41) is 4.00. The van der Waals surface area contributed by atoms with Crippen molar-refractivity contribution in [1.82, 2.24) is 14.9 Å². The molecular weight excluding hydrogens is 284 g/mol. The standard InChI is InChI=1S/C16H27ClN4/c1-4-7-14-19-15(17)12(2)16(20-14)18-10-11-21(3)13-8-5-6-9-13/h13H,4-11H2,1-3H3,(H,18,19,20). The Morgan fingerprint density at radius 2 is 2.00 bits per heavy atom. The Hall–Kier alpha value is -0.870. The molecular formula is C16H27ClN4. The molecule has 0 unspecified atom stereocenters. The molecule has 21 heavy (non-hydrogen) atoms. The Kier molecular flexibility index (Phi) is 6.24. The smallest absolute Gasteiger partial charge is 0.137 e. The summed E-state index contributed by atoms with van der Waals surface area (Å²) in [6.07, 6.45) is 7.35. The van der Waals surface area contributed by atoms with Crippen LogP contribution in [0.1, 0.15) is 50.4 Å². The molecule has 1 aliphatic carbocycles. The highest BCUT2D eigenvalue weighted by atomic mass is 35.5. The molecule has 5 heteroatoms. The average molecular weight is 311 g/mol. The average Bonchev–Trinajstić information content (AvgIpc) is 2.98. The zero-order valence-electron chi connectivity index (χ0n) is 13.5. The summed E-state index contributed by atoms with van der Waals surface area (Å²) in [7, 11) is 2.22. The SMILES string of the molecule is CCCc1nc(Cl)c(C)c(NCCN(C)C2CCCC2)n1. The molecule has 0 aliphatic heterocycles. The molecule has 4 nitrogen and oxygen atoms in total. The Morgan fingerprint density at radius 1 is 1.29 bits per heavy atom. The van der Waals surface area contributed by atoms with Crippen molar-refractivity contribution in [3.05, 3.63) is 16.5 Å². The van der Waals surface area contributed by atoms with E-state index in [9.17, 15) is 0 Å². The number of nitrogens with zero attached hydrogens (tertiary/aromatic N) is 3. The van der Waals surface area contributed by atoms with Crippen LogP contribution in [-0.2, 0) is 6.42 Å². The van der Waals surface area contributed by atoms with Crippen LogP contribution in [-0.4, -0.2) is 41.0 Å². The van der Waals surface area contributed by atoms with Crippen molar-refractivity contribution in [3.8, 4) is 0 Å². The lowest BCUT2D eigenvalue weighted by molar-refractivity contribution is 0.254. The van der Waals surface area contributed by atoms with Gasteiger partial charge in [-0.15, -0.1) is 0 Å². The maximum atomic E-state index is 6.20. The summed E-state index contributed by atoms with van der Waals surface area (Å²) in [5.41, 5.74) is 0.944. The van der Waals surface area contributed by atoms with Crippen LogP contribution in [0.15, 0.2) is 0 Å². The number of nitrogens with one attached hydrogen (secondary N) is 1. The first-order valence-electron chi connectivity index (χ1n) is 8.09. The lowest BCUT2D eigenvalue weighted by Crippen LogP contribution is -2.33. The van der Waals surface area contributed by atoms with E-state index in [1.165, 1.54) is 25.7 Å². The molecule has 0 saturated heterocycles. The number of halogens is 1. The second-order valence-electron chi connectivity index (χ2n) is 6.00. The fraction of sp³-hybridized carbons (Fsp3) is 0.750. The van der Waals surface area contributed by atoms with E-state index < -0.39 is 0 Å². The van der Waals surface area contributed by atoms with Gasteiger partial charge in [-0.05, 0) is 33.2 Å². The first-order chi connectivity index (χ1) is 10.1. The van der Waals surface area contributed by atoms with E-state index in [2.05, 4.69) is 34.2 Å². The number of aryl methyl sites for hydroxylation is 1. The molecule has 1 aliphatic rings. The van der Waals surface area contributed by atoms with Gasteiger partial charge in [0.15, 0.2) is 0 Å². The Balaban J connectivity index is 1.89. The third kappa shape index (κ3) is 4.55. The van der Waals surface area contributed by atoms with E-state index in [4.69, 9.17) is 11.6 Å². The van der Waals surface area contributed by atoms with Crippen LogP contribution in [0.3, 0.4) is 0 Å². The molecule has 1 aromatic rings. The zero-order valence-corrected chi connectivity index (χ0v) is 14.2. The van der Waals surface area contributed by atoms with Gasteiger partial charge < -0.3 is 10.2 Å². The van der Waals surface area contributed by atoms with Gasteiger partial charge in [0, 0.05) is 31.1 Å². The molecule has 0 radical (unpaired) electrons. The highest BCUT2D eigenvalue weighted by molar-refractivity contribution is 6.30. The predicted molar refractivity (Wildman–Crippen MR) is 89.1 cm³/mol. The summed E-state index contributed by atoms with van der Waals surface area (Å²) in [6.45, 7) is 6.03. The first kappa shape index (κ1) is 16.5. The van der Waals surface area contributed by atoms with Gasteiger partial charge >= 0.3 is 0 Å². The van der Waals surface area contributed by atoms with Crippen LogP contribution in [0.5, 0.6) is 0 Å². The molecule has 0 bridgehead atoms. The monoisotopic (exact) mass is 310 g/mol. The largest absolute Gasteiger partial charge is 0.368 e. The maximum absolute atomic E-state index is 6.20. The second kappa shape index (κ2) is 7.95. The quantitative estimate of drug-likeness (QED) is 0.780. The summed E-state index contributed by atoms with van der Waals surface area (Å²) in [4.78, 5) is 11.4. The van der Waals surface area contributed by atoms with Crippen molar-refractivity contribution < 1.29 is 0 Å². The van der Waals surface area contributed by atoms with Crippen LogP contribution in [0.2, 0.25) is 5.15 Å². The highest BCUT2D eigenvalue weighted by Gasteiger charge is 2.19.